The van der Waals surface area contributed by atoms with E-state index in [9.17, 15) is 0 Å². The maximum Gasteiger partial charge on any atom is 0.0641 e. The summed E-state index contributed by atoms with van der Waals surface area (Å²) in [6.45, 7) is 5.27. The Labute approximate surface area is 106 Å². The number of hydrogen-bond acceptors (Lipinski definition) is 3. The molecule has 0 amide bonds. The first-order valence-corrected chi connectivity index (χ1v) is 6.80. The fraction of sp³-hybridized carbons (Fsp3) is 0.462. The highest BCUT2D eigenvalue weighted by atomic mass is 32.1. The zero-order chi connectivity index (χ0) is 12.3. The maximum atomic E-state index is 4.37. The van der Waals surface area contributed by atoms with Gasteiger partial charge in [0, 0.05) is 36.3 Å². The molecule has 1 N–H and O–H groups in total. The first-order valence-electron chi connectivity index (χ1n) is 5.92. The van der Waals surface area contributed by atoms with E-state index in [1.165, 1.54) is 10.4 Å². The molecule has 0 aliphatic heterocycles. The van der Waals surface area contributed by atoms with Crippen LogP contribution in [0.25, 0.3) is 0 Å². The summed E-state index contributed by atoms with van der Waals surface area (Å²) in [6.07, 6.45) is 3.19. The Balaban J connectivity index is 1.85. The van der Waals surface area contributed by atoms with Crippen molar-refractivity contribution in [2.24, 2.45) is 7.05 Å². The fourth-order valence-electron chi connectivity index (χ4n) is 2.02. The van der Waals surface area contributed by atoms with Crippen LogP contribution in [-0.4, -0.2) is 16.3 Å². The van der Waals surface area contributed by atoms with Crippen molar-refractivity contribution in [3.8, 4) is 0 Å². The Hall–Kier alpha value is -1.13. The van der Waals surface area contributed by atoms with Gasteiger partial charge >= 0.3 is 0 Å². The monoisotopic (exact) mass is 249 g/mol. The predicted octanol–water partition coefficient (Wildman–Crippen LogP) is 2.68. The van der Waals surface area contributed by atoms with Gasteiger partial charge in [0.2, 0.25) is 0 Å². The van der Waals surface area contributed by atoms with Crippen LogP contribution in [0.3, 0.4) is 0 Å². The topological polar surface area (TPSA) is 29.9 Å². The number of nitrogens with zero attached hydrogens (tertiary/aromatic N) is 2. The lowest BCUT2D eigenvalue weighted by Crippen LogP contribution is -2.21. The molecule has 4 heteroatoms. The standard InChI is InChI=1S/C13H19N3S/c1-10(13-9-16(3)15-11(13)2)14-7-6-12-5-4-8-17-12/h4-5,8-10,14H,6-7H2,1-3H3. The summed E-state index contributed by atoms with van der Waals surface area (Å²) in [4.78, 5) is 1.44. The molecule has 0 aliphatic carbocycles. The van der Waals surface area contributed by atoms with E-state index < -0.39 is 0 Å². The van der Waals surface area contributed by atoms with Gasteiger partial charge in [-0.15, -0.1) is 11.3 Å². The van der Waals surface area contributed by atoms with Crippen molar-refractivity contribution in [3.63, 3.8) is 0 Å². The van der Waals surface area contributed by atoms with Gasteiger partial charge in [0.25, 0.3) is 0 Å². The highest BCUT2D eigenvalue weighted by Gasteiger charge is 2.10. The molecule has 1 atom stereocenters. The van der Waals surface area contributed by atoms with Crippen LogP contribution in [0.15, 0.2) is 23.7 Å². The Morgan fingerprint density at radius 3 is 2.94 bits per heavy atom. The molecule has 2 aromatic heterocycles. The van der Waals surface area contributed by atoms with Crippen LogP contribution >= 0.6 is 11.3 Å². The average molecular weight is 249 g/mol. The Morgan fingerprint density at radius 2 is 2.35 bits per heavy atom. The highest BCUT2D eigenvalue weighted by Crippen LogP contribution is 2.15. The Morgan fingerprint density at radius 1 is 1.53 bits per heavy atom. The second kappa shape index (κ2) is 5.47. The lowest BCUT2D eigenvalue weighted by Gasteiger charge is -2.12. The molecule has 1 unspecified atom stereocenters. The van der Waals surface area contributed by atoms with Gasteiger partial charge in [0.1, 0.15) is 0 Å². The van der Waals surface area contributed by atoms with Gasteiger partial charge in [-0.2, -0.15) is 5.10 Å². The van der Waals surface area contributed by atoms with Crippen LogP contribution in [0.2, 0.25) is 0 Å². The summed E-state index contributed by atoms with van der Waals surface area (Å²) in [5, 5.41) is 10.0. The van der Waals surface area contributed by atoms with Crippen LogP contribution in [0.1, 0.15) is 29.1 Å². The second-order valence-electron chi connectivity index (χ2n) is 4.35. The molecule has 0 fully saturated rings. The molecule has 0 spiro atoms. The SMILES string of the molecule is Cc1nn(C)cc1C(C)NCCc1cccs1. The molecular formula is C13H19N3S. The normalized spacial score (nSPS) is 12.9. The number of nitrogens with one attached hydrogen (secondary N) is 1. The number of hydrogen-bond donors (Lipinski definition) is 1. The molecule has 0 saturated heterocycles. The Kier molecular flexibility index (Phi) is 3.97. The van der Waals surface area contributed by atoms with Crippen LogP contribution in [0.5, 0.6) is 0 Å². The summed E-state index contributed by atoms with van der Waals surface area (Å²) in [6, 6.07) is 4.66. The number of rotatable bonds is 5. The molecular weight excluding hydrogens is 230 g/mol. The summed E-state index contributed by atoms with van der Waals surface area (Å²) < 4.78 is 1.88. The summed E-state index contributed by atoms with van der Waals surface area (Å²) >= 11 is 1.82. The molecule has 0 saturated carbocycles. The third kappa shape index (κ3) is 3.17. The van der Waals surface area contributed by atoms with Crippen LogP contribution in [0.4, 0.5) is 0 Å². The minimum Gasteiger partial charge on any atom is -0.310 e. The fourth-order valence-corrected chi connectivity index (χ4v) is 2.73. The Bertz CT molecular complexity index is 459. The van der Waals surface area contributed by atoms with Gasteiger partial charge in [-0.05, 0) is 31.7 Å². The van der Waals surface area contributed by atoms with Crippen LogP contribution in [-0.2, 0) is 13.5 Å². The van der Waals surface area contributed by atoms with Gasteiger partial charge in [-0.1, -0.05) is 6.07 Å². The number of thiophene rings is 1. The van der Waals surface area contributed by atoms with E-state index in [-0.39, 0.29) is 0 Å². The van der Waals surface area contributed by atoms with Gasteiger partial charge < -0.3 is 5.32 Å². The van der Waals surface area contributed by atoms with E-state index in [4.69, 9.17) is 0 Å². The first-order chi connectivity index (χ1) is 8.16. The third-order valence-electron chi connectivity index (χ3n) is 2.92. The minimum atomic E-state index is 0.365. The molecule has 0 aliphatic rings. The molecule has 2 aromatic rings. The molecule has 0 aromatic carbocycles. The number of aromatic nitrogens is 2. The summed E-state index contributed by atoms with van der Waals surface area (Å²) in [5.74, 6) is 0. The van der Waals surface area contributed by atoms with E-state index in [1.807, 2.05) is 23.1 Å². The van der Waals surface area contributed by atoms with Gasteiger partial charge in [0.05, 0.1) is 5.69 Å². The van der Waals surface area contributed by atoms with E-state index in [1.54, 1.807) is 0 Å². The second-order valence-corrected chi connectivity index (χ2v) is 5.38. The highest BCUT2D eigenvalue weighted by molar-refractivity contribution is 7.09. The van der Waals surface area contributed by atoms with Crippen LogP contribution in [0, 0.1) is 6.92 Å². The van der Waals surface area contributed by atoms with Gasteiger partial charge in [-0.25, -0.2) is 0 Å². The van der Waals surface area contributed by atoms with E-state index in [0.29, 0.717) is 6.04 Å². The van der Waals surface area contributed by atoms with E-state index in [0.717, 1.165) is 18.7 Å². The van der Waals surface area contributed by atoms with E-state index >= 15 is 0 Å². The van der Waals surface area contributed by atoms with Crippen molar-refractivity contribution >= 4 is 11.3 Å². The molecule has 2 heterocycles. The lowest BCUT2D eigenvalue weighted by molar-refractivity contribution is 0.576. The van der Waals surface area contributed by atoms with E-state index in [2.05, 4.69) is 48.0 Å². The molecule has 0 radical (unpaired) electrons. The first kappa shape index (κ1) is 12.3. The van der Waals surface area contributed by atoms with Crippen molar-refractivity contribution in [2.75, 3.05) is 6.54 Å². The van der Waals surface area contributed by atoms with Crippen molar-refractivity contribution in [3.05, 3.63) is 39.8 Å². The quantitative estimate of drug-likeness (QED) is 0.883. The molecule has 2 rings (SSSR count). The molecule has 0 bridgehead atoms. The number of aryl methyl sites for hydroxylation is 2. The van der Waals surface area contributed by atoms with Gasteiger partial charge in [0.15, 0.2) is 0 Å². The zero-order valence-corrected chi connectivity index (χ0v) is 11.4. The molecule has 3 nitrogen and oxygen atoms in total. The predicted molar refractivity (Wildman–Crippen MR) is 72.4 cm³/mol. The van der Waals surface area contributed by atoms with Crippen molar-refractivity contribution in [1.82, 2.24) is 15.1 Å². The average Bonchev–Trinajstić information content (AvgIpc) is 2.88. The minimum absolute atomic E-state index is 0.365. The van der Waals surface area contributed by atoms with Crippen molar-refractivity contribution in [2.45, 2.75) is 26.3 Å². The zero-order valence-electron chi connectivity index (χ0n) is 10.6. The summed E-state index contributed by atoms with van der Waals surface area (Å²) in [5.41, 5.74) is 2.40. The maximum absolute atomic E-state index is 4.37. The molecule has 17 heavy (non-hydrogen) atoms. The van der Waals surface area contributed by atoms with Crippen molar-refractivity contribution < 1.29 is 0 Å². The van der Waals surface area contributed by atoms with Crippen LogP contribution < -0.4 is 5.32 Å². The third-order valence-corrected chi connectivity index (χ3v) is 3.86. The summed E-state index contributed by atoms with van der Waals surface area (Å²) in [7, 11) is 1.97. The largest absolute Gasteiger partial charge is 0.310 e. The lowest BCUT2D eigenvalue weighted by atomic mass is 10.1. The smallest absolute Gasteiger partial charge is 0.0641 e. The molecule has 92 valence electrons. The van der Waals surface area contributed by atoms with Crippen molar-refractivity contribution in [1.29, 1.82) is 0 Å². The van der Waals surface area contributed by atoms with Gasteiger partial charge in [-0.3, -0.25) is 4.68 Å².